The zero-order valence-corrected chi connectivity index (χ0v) is 10.9. The molecule has 18 heavy (non-hydrogen) atoms. The molecule has 0 unspecified atom stereocenters. The molecule has 1 amide bonds. The maximum atomic E-state index is 11.5. The van der Waals surface area contributed by atoms with Gasteiger partial charge in [0.1, 0.15) is 0 Å². The van der Waals surface area contributed by atoms with Gasteiger partial charge in [-0.05, 0) is 17.7 Å². The van der Waals surface area contributed by atoms with Gasteiger partial charge in [0.05, 0.1) is 6.54 Å². The predicted molar refractivity (Wildman–Crippen MR) is 69.2 cm³/mol. The Balaban J connectivity index is 1.89. The molecule has 7 heteroatoms. The van der Waals surface area contributed by atoms with Gasteiger partial charge in [-0.15, -0.1) is 10.2 Å². The molecular formula is C11H10BrN5O. The van der Waals surface area contributed by atoms with Crippen molar-refractivity contribution in [1.29, 1.82) is 0 Å². The molecule has 1 aromatic heterocycles. The number of hydrogen-bond acceptors (Lipinski definition) is 4. The number of tetrazole rings is 1. The first-order chi connectivity index (χ1) is 8.75. The van der Waals surface area contributed by atoms with E-state index in [9.17, 15) is 4.79 Å². The Morgan fingerprint density at radius 3 is 3.00 bits per heavy atom. The van der Waals surface area contributed by atoms with Crippen LogP contribution in [0.1, 0.15) is 11.4 Å². The number of H-pyrrole nitrogens is 1. The third-order valence-electron chi connectivity index (χ3n) is 2.13. The Labute approximate surface area is 112 Å². The third-order valence-corrected chi connectivity index (χ3v) is 2.85. The van der Waals surface area contributed by atoms with Crippen molar-refractivity contribution in [3.63, 3.8) is 0 Å². The van der Waals surface area contributed by atoms with Crippen molar-refractivity contribution in [1.82, 2.24) is 25.9 Å². The normalized spacial score (nSPS) is 10.7. The highest BCUT2D eigenvalue weighted by molar-refractivity contribution is 9.10. The SMILES string of the molecule is O=C(/C=C/c1ccccc1Br)NCc1nn[nH]n1. The lowest BCUT2D eigenvalue weighted by atomic mass is 10.2. The largest absolute Gasteiger partial charge is 0.345 e. The molecule has 1 aromatic carbocycles. The summed E-state index contributed by atoms with van der Waals surface area (Å²) < 4.78 is 0.937. The van der Waals surface area contributed by atoms with E-state index in [-0.39, 0.29) is 12.5 Å². The minimum absolute atomic E-state index is 0.212. The fourth-order valence-corrected chi connectivity index (χ4v) is 1.68. The van der Waals surface area contributed by atoms with E-state index in [4.69, 9.17) is 0 Å². The maximum absolute atomic E-state index is 11.5. The Hall–Kier alpha value is -2.02. The summed E-state index contributed by atoms with van der Waals surface area (Å²) in [6.45, 7) is 0.246. The van der Waals surface area contributed by atoms with Crippen LogP contribution in [0.15, 0.2) is 34.8 Å². The molecule has 1 heterocycles. The molecule has 0 saturated carbocycles. The van der Waals surface area contributed by atoms with E-state index in [2.05, 4.69) is 41.9 Å². The lowest BCUT2D eigenvalue weighted by Crippen LogP contribution is -2.20. The van der Waals surface area contributed by atoms with Crippen LogP contribution in [0.3, 0.4) is 0 Å². The lowest BCUT2D eigenvalue weighted by molar-refractivity contribution is -0.116. The molecule has 0 atom stereocenters. The summed E-state index contributed by atoms with van der Waals surface area (Å²) in [6.07, 6.45) is 3.19. The second-order valence-electron chi connectivity index (χ2n) is 3.40. The van der Waals surface area contributed by atoms with E-state index in [1.807, 2.05) is 24.3 Å². The molecule has 0 saturated heterocycles. The van der Waals surface area contributed by atoms with Crippen molar-refractivity contribution in [2.75, 3.05) is 0 Å². The van der Waals surface area contributed by atoms with Gasteiger partial charge in [0, 0.05) is 10.5 Å². The summed E-state index contributed by atoms with van der Waals surface area (Å²) in [5, 5.41) is 15.8. The van der Waals surface area contributed by atoms with Gasteiger partial charge >= 0.3 is 0 Å². The molecule has 92 valence electrons. The second kappa shape index (κ2) is 6.06. The average Bonchev–Trinajstić information content (AvgIpc) is 2.88. The Kier molecular flexibility index (Phi) is 4.19. The van der Waals surface area contributed by atoms with E-state index in [0.717, 1.165) is 10.0 Å². The molecule has 0 spiro atoms. The van der Waals surface area contributed by atoms with Gasteiger partial charge in [-0.3, -0.25) is 4.79 Å². The molecule has 2 N–H and O–H groups in total. The van der Waals surface area contributed by atoms with Crippen LogP contribution in [0.25, 0.3) is 6.08 Å². The van der Waals surface area contributed by atoms with Crippen molar-refractivity contribution in [3.05, 3.63) is 46.2 Å². The average molecular weight is 308 g/mol. The summed E-state index contributed by atoms with van der Waals surface area (Å²) in [5.74, 6) is 0.230. The molecule has 0 aliphatic heterocycles. The third kappa shape index (κ3) is 3.49. The van der Waals surface area contributed by atoms with Gasteiger partial charge in [0.15, 0.2) is 5.82 Å². The van der Waals surface area contributed by atoms with E-state index >= 15 is 0 Å². The van der Waals surface area contributed by atoms with Crippen LogP contribution >= 0.6 is 15.9 Å². The number of carbonyl (C=O) groups excluding carboxylic acids is 1. The van der Waals surface area contributed by atoms with Crippen LogP contribution in [-0.4, -0.2) is 26.5 Å². The van der Waals surface area contributed by atoms with Gasteiger partial charge in [-0.2, -0.15) is 5.21 Å². The molecular weight excluding hydrogens is 298 g/mol. The summed E-state index contributed by atoms with van der Waals surface area (Å²) in [5.41, 5.74) is 0.937. The highest BCUT2D eigenvalue weighted by Crippen LogP contribution is 2.16. The van der Waals surface area contributed by atoms with Crippen molar-refractivity contribution in [2.45, 2.75) is 6.54 Å². The standard InChI is InChI=1S/C11H10BrN5O/c12-9-4-2-1-3-8(9)5-6-11(18)13-7-10-14-16-17-15-10/h1-6H,7H2,(H,13,18)(H,14,15,16,17)/b6-5+. The number of carbonyl (C=O) groups is 1. The smallest absolute Gasteiger partial charge is 0.244 e. The number of hydrogen-bond donors (Lipinski definition) is 2. The summed E-state index contributed by atoms with van der Waals surface area (Å²) in [6, 6.07) is 7.64. The topological polar surface area (TPSA) is 83.6 Å². The summed E-state index contributed by atoms with van der Waals surface area (Å²) in [7, 11) is 0. The Bertz CT molecular complexity index is 552. The molecule has 0 aliphatic rings. The molecule has 0 radical (unpaired) electrons. The van der Waals surface area contributed by atoms with E-state index in [1.165, 1.54) is 6.08 Å². The Morgan fingerprint density at radius 1 is 1.44 bits per heavy atom. The highest BCUT2D eigenvalue weighted by atomic mass is 79.9. The van der Waals surface area contributed by atoms with Crippen LogP contribution < -0.4 is 5.32 Å². The van der Waals surface area contributed by atoms with E-state index in [0.29, 0.717) is 5.82 Å². The molecule has 2 rings (SSSR count). The molecule has 0 bridgehead atoms. The summed E-state index contributed by atoms with van der Waals surface area (Å²) >= 11 is 3.40. The van der Waals surface area contributed by atoms with E-state index < -0.39 is 0 Å². The van der Waals surface area contributed by atoms with Crippen LogP contribution in [0.2, 0.25) is 0 Å². The zero-order chi connectivity index (χ0) is 12.8. The van der Waals surface area contributed by atoms with Crippen LogP contribution in [-0.2, 0) is 11.3 Å². The van der Waals surface area contributed by atoms with Crippen molar-refractivity contribution in [2.24, 2.45) is 0 Å². The monoisotopic (exact) mass is 307 g/mol. The maximum Gasteiger partial charge on any atom is 0.244 e. The van der Waals surface area contributed by atoms with Gasteiger partial charge < -0.3 is 5.32 Å². The second-order valence-corrected chi connectivity index (χ2v) is 4.26. The van der Waals surface area contributed by atoms with Crippen LogP contribution in [0.4, 0.5) is 0 Å². The lowest BCUT2D eigenvalue weighted by Gasteiger charge is -1.98. The van der Waals surface area contributed by atoms with Crippen molar-refractivity contribution >= 4 is 27.9 Å². The van der Waals surface area contributed by atoms with Gasteiger partial charge in [0.25, 0.3) is 0 Å². The number of amides is 1. The fraction of sp³-hybridized carbons (Fsp3) is 0.0909. The highest BCUT2D eigenvalue weighted by Gasteiger charge is 2.00. The van der Waals surface area contributed by atoms with Crippen LogP contribution in [0, 0.1) is 0 Å². The summed E-state index contributed by atoms with van der Waals surface area (Å²) in [4.78, 5) is 11.5. The molecule has 0 fully saturated rings. The number of nitrogens with zero attached hydrogens (tertiary/aromatic N) is 3. The first kappa shape index (κ1) is 12.4. The van der Waals surface area contributed by atoms with Gasteiger partial charge in [0.2, 0.25) is 5.91 Å². The number of nitrogens with one attached hydrogen (secondary N) is 2. The minimum atomic E-state index is -0.212. The number of aromatic amines is 1. The molecule has 0 aliphatic carbocycles. The van der Waals surface area contributed by atoms with Crippen LogP contribution in [0.5, 0.6) is 0 Å². The first-order valence-electron chi connectivity index (χ1n) is 5.18. The number of benzene rings is 1. The van der Waals surface area contributed by atoms with E-state index in [1.54, 1.807) is 6.08 Å². The molecule has 2 aromatic rings. The fourth-order valence-electron chi connectivity index (χ4n) is 1.26. The first-order valence-corrected chi connectivity index (χ1v) is 5.98. The quantitative estimate of drug-likeness (QED) is 0.834. The Morgan fingerprint density at radius 2 is 2.28 bits per heavy atom. The molecule has 6 nitrogen and oxygen atoms in total. The van der Waals surface area contributed by atoms with Gasteiger partial charge in [-0.1, -0.05) is 39.3 Å². The van der Waals surface area contributed by atoms with Crippen molar-refractivity contribution < 1.29 is 4.79 Å². The predicted octanol–water partition coefficient (Wildman–Crippen LogP) is 1.29. The van der Waals surface area contributed by atoms with Crippen molar-refractivity contribution in [3.8, 4) is 0 Å². The zero-order valence-electron chi connectivity index (χ0n) is 9.30. The van der Waals surface area contributed by atoms with Gasteiger partial charge in [-0.25, -0.2) is 0 Å². The number of rotatable bonds is 4. The number of aromatic nitrogens is 4. The number of halogens is 1. The minimum Gasteiger partial charge on any atom is -0.345 e.